The highest BCUT2D eigenvalue weighted by Crippen LogP contribution is 2.37. The summed E-state index contributed by atoms with van der Waals surface area (Å²) in [5.74, 6) is 0.197. The lowest BCUT2D eigenvalue weighted by atomic mass is 10.0. The lowest BCUT2D eigenvalue weighted by Crippen LogP contribution is -2.22. The highest BCUT2D eigenvalue weighted by Gasteiger charge is 2.19. The van der Waals surface area contributed by atoms with Crippen LogP contribution in [0.15, 0.2) is 120 Å². The number of para-hydroxylation sites is 1. The molecule has 0 amide bonds. The van der Waals surface area contributed by atoms with Crippen LogP contribution in [0.3, 0.4) is 0 Å². The van der Waals surface area contributed by atoms with Crippen LogP contribution >= 0.6 is 22.7 Å². The molecule has 3 aromatic carbocycles. The molecule has 0 fully saturated rings. The van der Waals surface area contributed by atoms with Crippen LogP contribution in [0.5, 0.6) is 5.75 Å². The standard InChI is InChI=1S/C23H18N4O2S.C20H20N4OS/c1-26(2)17-10-11-24-22-19(17)20-21(30-22)23(29)27(13-25-20)15-7-5-6-14(12-15)16-8-3-4-9-18(16)28;1-4-23(5-2)15-10-11-21-19-16(15)17-18(26-19)20(25)24(12-22-17)14-8-6-13(3)7-9-14/h3-13,28H,1-2H3;6-12H,4-5H2,1-3H3. The molecule has 11 nitrogen and oxygen atoms in total. The Balaban J connectivity index is 0.000000159. The number of aromatic nitrogens is 6. The van der Waals surface area contributed by atoms with Crippen molar-refractivity contribution < 1.29 is 5.11 Å². The number of hydrogen-bond donors (Lipinski definition) is 1. The minimum atomic E-state index is -0.137. The van der Waals surface area contributed by atoms with Crippen LogP contribution in [0.2, 0.25) is 0 Å². The van der Waals surface area contributed by atoms with Crippen molar-refractivity contribution in [3.05, 3.63) is 136 Å². The number of benzene rings is 3. The van der Waals surface area contributed by atoms with Crippen LogP contribution in [0.1, 0.15) is 19.4 Å². The zero-order valence-electron chi connectivity index (χ0n) is 31.5. The van der Waals surface area contributed by atoms with Crippen molar-refractivity contribution >= 4 is 74.9 Å². The van der Waals surface area contributed by atoms with Crippen molar-refractivity contribution in [1.82, 2.24) is 29.1 Å². The second-order valence-corrected chi connectivity index (χ2v) is 15.4. The van der Waals surface area contributed by atoms with Crippen molar-refractivity contribution in [1.29, 1.82) is 0 Å². The number of aromatic hydroxyl groups is 1. The molecule has 0 saturated carbocycles. The molecule has 1 N–H and O–H groups in total. The van der Waals surface area contributed by atoms with E-state index < -0.39 is 0 Å². The molecule has 13 heteroatoms. The van der Waals surface area contributed by atoms with Crippen LogP contribution in [-0.2, 0) is 0 Å². The number of thiophene rings is 2. The molecule has 0 unspecified atom stereocenters. The van der Waals surface area contributed by atoms with E-state index in [9.17, 15) is 14.7 Å². The summed E-state index contributed by atoms with van der Waals surface area (Å²) in [5.41, 5.74) is 7.51. The smallest absolute Gasteiger partial charge is 0.275 e. The summed E-state index contributed by atoms with van der Waals surface area (Å²) in [6.07, 6.45) is 6.75. The minimum Gasteiger partial charge on any atom is -0.507 e. The lowest BCUT2D eigenvalue weighted by Gasteiger charge is -2.21. The van der Waals surface area contributed by atoms with E-state index in [0.717, 1.165) is 67.2 Å². The van der Waals surface area contributed by atoms with Gasteiger partial charge < -0.3 is 14.9 Å². The van der Waals surface area contributed by atoms with Crippen molar-refractivity contribution in [3.8, 4) is 28.3 Å². The molecule has 56 heavy (non-hydrogen) atoms. The molecule has 6 aromatic heterocycles. The van der Waals surface area contributed by atoms with Crippen LogP contribution in [-0.4, -0.2) is 61.4 Å². The van der Waals surface area contributed by atoms with Crippen molar-refractivity contribution in [2.45, 2.75) is 20.8 Å². The van der Waals surface area contributed by atoms with Gasteiger partial charge in [0.2, 0.25) is 0 Å². The summed E-state index contributed by atoms with van der Waals surface area (Å²) in [5, 5.41) is 12.1. The topological polar surface area (TPSA) is 122 Å². The molecule has 0 saturated heterocycles. The van der Waals surface area contributed by atoms with Gasteiger partial charge in [-0.2, -0.15) is 0 Å². The number of rotatable bonds is 7. The first-order valence-corrected chi connectivity index (χ1v) is 19.8. The molecule has 0 atom stereocenters. The summed E-state index contributed by atoms with van der Waals surface area (Å²) in [7, 11) is 3.92. The van der Waals surface area contributed by atoms with Crippen LogP contribution < -0.4 is 20.9 Å². The molecule has 9 aromatic rings. The minimum absolute atomic E-state index is 0.0487. The van der Waals surface area contributed by atoms with Gasteiger partial charge in [0.25, 0.3) is 11.1 Å². The third-order valence-corrected chi connectivity index (χ3v) is 11.9. The first kappa shape index (κ1) is 36.5. The number of aryl methyl sites for hydroxylation is 1. The van der Waals surface area contributed by atoms with E-state index in [4.69, 9.17) is 0 Å². The number of nitrogens with zero attached hydrogens (tertiary/aromatic N) is 8. The Labute approximate surface area is 330 Å². The van der Waals surface area contributed by atoms with E-state index in [1.807, 2.05) is 105 Å². The maximum Gasteiger partial charge on any atom is 0.275 e. The van der Waals surface area contributed by atoms with E-state index in [2.05, 4.69) is 38.7 Å². The number of anilines is 2. The quantitative estimate of drug-likeness (QED) is 0.170. The van der Waals surface area contributed by atoms with Crippen molar-refractivity contribution in [2.24, 2.45) is 0 Å². The van der Waals surface area contributed by atoms with Gasteiger partial charge in [-0.05, 0) is 68.8 Å². The van der Waals surface area contributed by atoms with Gasteiger partial charge in [-0.25, -0.2) is 19.9 Å². The second kappa shape index (κ2) is 15.0. The highest BCUT2D eigenvalue weighted by molar-refractivity contribution is 7.25. The van der Waals surface area contributed by atoms with Gasteiger partial charge in [0, 0.05) is 45.1 Å². The van der Waals surface area contributed by atoms with Crippen molar-refractivity contribution in [2.75, 3.05) is 37.0 Å². The third kappa shape index (κ3) is 6.44. The Hall–Kier alpha value is -6.44. The maximum absolute atomic E-state index is 13.3. The summed E-state index contributed by atoms with van der Waals surface area (Å²) in [4.78, 5) is 50.6. The monoisotopic (exact) mass is 778 g/mol. The van der Waals surface area contributed by atoms with Gasteiger partial charge in [-0.3, -0.25) is 18.7 Å². The maximum atomic E-state index is 13.3. The second-order valence-electron chi connectivity index (χ2n) is 13.4. The predicted molar refractivity (Wildman–Crippen MR) is 231 cm³/mol. The van der Waals surface area contributed by atoms with E-state index in [0.29, 0.717) is 26.2 Å². The Morgan fingerprint density at radius 1 is 0.661 bits per heavy atom. The molecule has 6 heterocycles. The predicted octanol–water partition coefficient (Wildman–Crippen LogP) is 8.58. The molecular formula is C43H38N8O3S2. The summed E-state index contributed by atoms with van der Waals surface area (Å²) < 4.78 is 4.36. The molecule has 0 aliphatic rings. The Morgan fingerprint density at radius 2 is 1.23 bits per heavy atom. The van der Waals surface area contributed by atoms with E-state index in [1.165, 1.54) is 27.2 Å². The molecular weight excluding hydrogens is 741 g/mol. The van der Waals surface area contributed by atoms with Gasteiger partial charge in [-0.1, -0.05) is 48.0 Å². The number of phenolic OH excluding ortho intramolecular Hbond substituents is 1. The Kier molecular flexibility index (Phi) is 9.79. The average molecular weight is 779 g/mol. The van der Waals surface area contributed by atoms with Crippen LogP contribution in [0.25, 0.3) is 63.4 Å². The highest BCUT2D eigenvalue weighted by atomic mass is 32.1. The SMILES string of the molecule is CCN(CC)c1ccnc2sc3c(=O)n(-c4ccc(C)cc4)cnc3c12.CN(C)c1ccnc2sc3c(=O)n(-c4cccc(-c5ccccc5O)c4)cnc3c12. The normalized spacial score (nSPS) is 11.3. The molecule has 0 aliphatic heterocycles. The molecule has 0 bridgehead atoms. The van der Waals surface area contributed by atoms with E-state index >= 15 is 0 Å². The van der Waals surface area contributed by atoms with E-state index in [1.54, 1.807) is 35.6 Å². The Bertz CT molecular complexity index is 3020. The summed E-state index contributed by atoms with van der Waals surface area (Å²) >= 11 is 2.78. The molecule has 280 valence electrons. The van der Waals surface area contributed by atoms with Crippen molar-refractivity contribution in [3.63, 3.8) is 0 Å². The van der Waals surface area contributed by atoms with Crippen LogP contribution in [0.4, 0.5) is 11.4 Å². The first-order chi connectivity index (χ1) is 27.2. The summed E-state index contributed by atoms with van der Waals surface area (Å²) in [6.45, 7) is 8.07. The van der Waals surface area contributed by atoms with Gasteiger partial charge in [-0.15, -0.1) is 22.7 Å². The number of pyridine rings is 2. The van der Waals surface area contributed by atoms with Gasteiger partial charge in [0.05, 0.1) is 39.0 Å². The molecule has 9 rings (SSSR count). The fraction of sp³-hybridized carbons (Fsp3) is 0.163. The number of fused-ring (bicyclic) bond motifs is 6. The molecule has 0 aliphatic carbocycles. The van der Waals surface area contributed by atoms with E-state index in [-0.39, 0.29) is 16.9 Å². The number of phenols is 1. The zero-order valence-corrected chi connectivity index (χ0v) is 33.1. The van der Waals surface area contributed by atoms with Gasteiger partial charge >= 0.3 is 0 Å². The molecule has 0 spiro atoms. The third-order valence-electron chi connectivity index (χ3n) is 9.76. The average Bonchev–Trinajstić information content (AvgIpc) is 3.80. The fourth-order valence-corrected chi connectivity index (χ4v) is 8.98. The zero-order chi connectivity index (χ0) is 39.1. The lowest BCUT2D eigenvalue weighted by molar-refractivity contribution is 0.477. The van der Waals surface area contributed by atoms with Crippen LogP contribution in [0, 0.1) is 6.92 Å². The first-order valence-electron chi connectivity index (χ1n) is 18.1. The largest absolute Gasteiger partial charge is 0.507 e. The number of hydrogen-bond acceptors (Lipinski definition) is 11. The van der Waals surface area contributed by atoms with Gasteiger partial charge in [0.1, 0.15) is 43.0 Å². The Morgan fingerprint density at radius 3 is 1.82 bits per heavy atom. The summed E-state index contributed by atoms with van der Waals surface area (Å²) in [6, 6.07) is 26.5. The van der Waals surface area contributed by atoms with Gasteiger partial charge in [0.15, 0.2) is 0 Å². The fourth-order valence-electron chi connectivity index (χ4n) is 6.89. The molecule has 0 radical (unpaired) electrons.